The van der Waals surface area contributed by atoms with Crippen LogP contribution in [0.2, 0.25) is 0 Å². The van der Waals surface area contributed by atoms with Crippen molar-refractivity contribution in [1.82, 2.24) is 9.97 Å². The van der Waals surface area contributed by atoms with Gasteiger partial charge in [0.1, 0.15) is 10.7 Å². The van der Waals surface area contributed by atoms with Gasteiger partial charge in [0.2, 0.25) is 0 Å². The van der Waals surface area contributed by atoms with Gasteiger partial charge in [-0.1, -0.05) is 6.42 Å². The monoisotopic (exact) mass is 482 g/mol. The molecule has 0 saturated carbocycles. The van der Waals surface area contributed by atoms with Gasteiger partial charge in [0.15, 0.2) is 11.5 Å². The molecule has 0 spiro atoms. The van der Waals surface area contributed by atoms with Crippen LogP contribution in [0.3, 0.4) is 0 Å². The number of halogens is 1. The maximum atomic E-state index is 12.8. The smallest absolute Gasteiger partial charge is 0.260 e. The van der Waals surface area contributed by atoms with E-state index in [-0.39, 0.29) is 5.56 Å². The maximum absolute atomic E-state index is 12.8. The molecule has 26 heavy (non-hydrogen) atoms. The molecule has 0 radical (unpaired) electrons. The van der Waals surface area contributed by atoms with Crippen LogP contribution in [0.15, 0.2) is 16.9 Å². The Labute approximate surface area is 168 Å². The number of benzene rings is 1. The fourth-order valence-corrected chi connectivity index (χ4v) is 5.62. The molecule has 7 heteroatoms. The lowest BCUT2D eigenvalue weighted by atomic mass is 10.1. The second kappa shape index (κ2) is 7.19. The van der Waals surface area contributed by atoms with Crippen molar-refractivity contribution in [3.8, 4) is 22.9 Å². The van der Waals surface area contributed by atoms with Crippen molar-refractivity contribution in [2.45, 2.75) is 32.1 Å². The van der Waals surface area contributed by atoms with E-state index in [1.165, 1.54) is 23.3 Å². The molecule has 4 rings (SSSR count). The van der Waals surface area contributed by atoms with Crippen LogP contribution >= 0.6 is 33.9 Å². The van der Waals surface area contributed by atoms with Gasteiger partial charge in [-0.2, -0.15) is 0 Å². The van der Waals surface area contributed by atoms with Crippen molar-refractivity contribution >= 4 is 44.1 Å². The topological polar surface area (TPSA) is 64.2 Å². The number of thiophene rings is 1. The Morgan fingerprint density at radius 3 is 2.73 bits per heavy atom. The molecule has 0 bridgehead atoms. The van der Waals surface area contributed by atoms with Gasteiger partial charge in [-0.05, 0) is 66.0 Å². The van der Waals surface area contributed by atoms with Gasteiger partial charge in [0, 0.05) is 10.4 Å². The minimum Gasteiger partial charge on any atom is -0.493 e. The van der Waals surface area contributed by atoms with Crippen molar-refractivity contribution in [3.63, 3.8) is 0 Å². The van der Waals surface area contributed by atoms with E-state index >= 15 is 0 Å². The molecule has 3 aromatic rings. The number of aryl methyl sites for hydroxylation is 2. The van der Waals surface area contributed by atoms with Gasteiger partial charge >= 0.3 is 0 Å². The number of hydrogen-bond acceptors (Lipinski definition) is 5. The van der Waals surface area contributed by atoms with Gasteiger partial charge in [0.05, 0.1) is 23.2 Å². The number of aromatic nitrogens is 2. The first-order valence-electron chi connectivity index (χ1n) is 8.59. The van der Waals surface area contributed by atoms with Crippen LogP contribution in [-0.2, 0) is 12.8 Å². The maximum Gasteiger partial charge on any atom is 0.260 e. The molecule has 0 aliphatic heterocycles. The number of ether oxygens (including phenoxy) is 2. The number of hydrogen-bond donors (Lipinski definition) is 1. The fraction of sp³-hybridized carbons (Fsp3) is 0.368. The number of aromatic amines is 1. The van der Waals surface area contributed by atoms with E-state index in [0.717, 1.165) is 38.6 Å². The summed E-state index contributed by atoms with van der Waals surface area (Å²) in [6.45, 7) is 0. The number of rotatable bonds is 3. The first-order valence-corrected chi connectivity index (χ1v) is 10.5. The predicted octanol–water partition coefficient (Wildman–Crippen LogP) is 4.54. The normalized spacial score (nSPS) is 14.1. The SMILES string of the molecule is COc1cc(-c2nc3sc4c(c3c(=O)[nH]2)CCCCC4)cc(I)c1OC. The minimum absolute atomic E-state index is 0.0470. The van der Waals surface area contributed by atoms with E-state index in [1.54, 1.807) is 25.6 Å². The second-order valence-electron chi connectivity index (χ2n) is 6.35. The molecule has 5 nitrogen and oxygen atoms in total. The van der Waals surface area contributed by atoms with Crippen molar-refractivity contribution in [3.05, 3.63) is 36.5 Å². The van der Waals surface area contributed by atoms with E-state index in [1.807, 2.05) is 12.1 Å². The lowest BCUT2D eigenvalue weighted by Gasteiger charge is -2.11. The highest BCUT2D eigenvalue weighted by Crippen LogP contribution is 2.37. The van der Waals surface area contributed by atoms with E-state index in [2.05, 4.69) is 27.6 Å². The Bertz CT molecular complexity index is 1040. The van der Waals surface area contributed by atoms with E-state index in [9.17, 15) is 4.79 Å². The summed E-state index contributed by atoms with van der Waals surface area (Å²) in [7, 11) is 3.22. The zero-order valence-electron chi connectivity index (χ0n) is 14.6. The minimum atomic E-state index is -0.0470. The van der Waals surface area contributed by atoms with Crippen LogP contribution in [0.1, 0.15) is 29.7 Å². The molecule has 2 aromatic heterocycles. The molecule has 0 saturated heterocycles. The standard InChI is InChI=1S/C19H19IN2O3S/c1-24-13-9-10(8-12(20)16(13)25-2)17-21-18(23)15-11-6-4-3-5-7-14(11)26-19(15)22-17/h8-9H,3-7H2,1-2H3,(H,21,22,23). The van der Waals surface area contributed by atoms with Gasteiger partial charge in [0.25, 0.3) is 5.56 Å². The van der Waals surface area contributed by atoms with Crippen molar-refractivity contribution in [2.24, 2.45) is 0 Å². The third kappa shape index (κ3) is 3.00. The summed E-state index contributed by atoms with van der Waals surface area (Å²) in [6.07, 6.45) is 5.61. The highest BCUT2D eigenvalue weighted by molar-refractivity contribution is 14.1. The molecular formula is C19H19IN2O3S. The van der Waals surface area contributed by atoms with Crippen molar-refractivity contribution < 1.29 is 9.47 Å². The van der Waals surface area contributed by atoms with Crippen LogP contribution in [0.5, 0.6) is 11.5 Å². The summed E-state index contributed by atoms with van der Waals surface area (Å²) < 4.78 is 11.7. The molecule has 0 unspecified atom stereocenters. The summed E-state index contributed by atoms with van der Waals surface area (Å²) in [5.41, 5.74) is 1.98. The largest absolute Gasteiger partial charge is 0.493 e. The van der Waals surface area contributed by atoms with Crippen LogP contribution in [0.4, 0.5) is 0 Å². The quantitative estimate of drug-likeness (QED) is 0.440. The predicted molar refractivity (Wildman–Crippen MR) is 113 cm³/mol. The zero-order chi connectivity index (χ0) is 18.3. The third-order valence-electron chi connectivity index (χ3n) is 4.78. The van der Waals surface area contributed by atoms with E-state index < -0.39 is 0 Å². The number of nitrogens with zero attached hydrogens (tertiary/aromatic N) is 1. The molecule has 0 atom stereocenters. The highest BCUT2D eigenvalue weighted by Gasteiger charge is 2.20. The Morgan fingerprint density at radius 2 is 1.96 bits per heavy atom. The fourth-order valence-electron chi connectivity index (χ4n) is 3.53. The summed E-state index contributed by atoms with van der Waals surface area (Å²) in [5, 5.41) is 0.783. The van der Waals surface area contributed by atoms with Crippen LogP contribution in [0, 0.1) is 3.57 Å². The Morgan fingerprint density at radius 1 is 1.15 bits per heavy atom. The molecule has 0 fully saturated rings. The van der Waals surface area contributed by atoms with Crippen LogP contribution < -0.4 is 15.0 Å². The van der Waals surface area contributed by atoms with Crippen molar-refractivity contribution in [2.75, 3.05) is 14.2 Å². The van der Waals surface area contributed by atoms with Crippen LogP contribution in [-0.4, -0.2) is 24.2 Å². The zero-order valence-corrected chi connectivity index (χ0v) is 17.6. The van der Waals surface area contributed by atoms with Crippen LogP contribution in [0.25, 0.3) is 21.6 Å². The molecular weight excluding hydrogens is 463 g/mol. The average molecular weight is 482 g/mol. The van der Waals surface area contributed by atoms with Gasteiger partial charge < -0.3 is 14.5 Å². The summed E-state index contributed by atoms with van der Waals surface area (Å²) in [6, 6.07) is 3.80. The first-order chi connectivity index (χ1) is 12.6. The second-order valence-corrected chi connectivity index (χ2v) is 8.60. The number of fused-ring (bicyclic) bond motifs is 3. The molecule has 136 valence electrons. The van der Waals surface area contributed by atoms with Crippen molar-refractivity contribution in [1.29, 1.82) is 0 Å². The van der Waals surface area contributed by atoms with Gasteiger partial charge in [-0.25, -0.2) is 4.98 Å². The highest BCUT2D eigenvalue weighted by atomic mass is 127. The lowest BCUT2D eigenvalue weighted by molar-refractivity contribution is 0.353. The number of methoxy groups -OCH3 is 2. The summed E-state index contributed by atoms with van der Waals surface area (Å²) in [5.74, 6) is 1.87. The number of H-pyrrole nitrogens is 1. The van der Waals surface area contributed by atoms with Gasteiger partial charge in [-0.3, -0.25) is 4.79 Å². The van der Waals surface area contributed by atoms with E-state index in [4.69, 9.17) is 14.5 Å². The number of nitrogens with one attached hydrogen (secondary N) is 1. The third-order valence-corrected chi connectivity index (χ3v) is 6.77. The molecule has 0 amide bonds. The molecule has 1 N–H and O–H groups in total. The lowest BCUT2D eigenvalue weighted by Crippen LogP contribution is -2.10. The average Bonchev–Trinajstić information content (AvgIpc) is 2.83. The molecule has 1 aliphatic rings. The Hall–Kier alpha value is -1.61. The summed E-state index contributed by atoms with van der Waals surface area (Å²) in [4.78, 5) is 22.8. The first kappa shape index (κ1) is 17.8. The Balaban J connectivity index is 1.89. The molecule has 2 heterocycles. The summed E-state index contributed by atoms with van der Waals surface area (Å²) >= 11 is 3.87. The molecule has 1 aromatic carbocycles. The van der Waals surface area contributed by atoms with Gasteiger partial charge in [-0.15, -0.1) is 11.3 Å². The Kier molecular flexibility index (Phi) is 4.92. The molecule has 1 aliphatic carbocycles. The van der Waals surface area contributed by atoms with E-state index in [0.29, 0.717) is 17.3 Å².